The van der Waals surface area contributed by atoms with Gasteiger partial charge in [-0.2, -0.15) is 0 Å². The molecule has 21 heavy (non-hydrogen) atoms. The van der Waals surface area contributed by atoms with Gasteiger partial charge in [0.15, 0.2) is 4.77 Å². The molecule has 0 aliphatic heterocycles. The first-order valence-corrected chi connectivity index (χ1v) is 6.73. The Kier molecular flexibility index (Phi) is 4.54. The number of nitrogens with one attached hydrogen (secondary N) is 1. The van der Waals surface area contributed by atoms with Gasteiger partial charge in [0.25, 0.3) is 5.56 Å². The number of hydrogen-bond acceptors (Lipinski definition) is 5. The molecule has 2 N–H and O–H groups in total. The van der Waals surface area contributed by atoms with Gasteiger partial charge in [0, 0.05) is 13.3 Å². The summed E-state index contributed by atoms with van der Waals surface area (Å²) in [5.41, 5.74) is 0.188. The zero-order valence-electron chi connectivity index (χ0n) is 11.7. The molecule has 1 aromatic heterocycles. The van der Waals surface area contributed by atoms with Crippen molar-refractivity contribution in [3.63, 3.8) is 0 Å². The van der Waals surface area contributed by atoms with Crippen molar-refractivity contribution in [3.05, 3.63) is 45.0 Å². The third kappa shape index (κ3) is 3.03. The van der Waals surface area contributed by atoms with Crippen molar-refractivity contribution >= 4 is 18.4 Å². The minimum Gasteiger partial charge on any atom is -0.494 e. The van der Waals surface area contributed by atoms with E-state index in [-0.39, 0.29) is 16.2 Å². The summed E-state index contributed by atoms with van der Waals surface area (Å²) in [4.78, 5) is 18.0. The monoisotopic (exact) mass is 305 g/mol. The lowest BCUT2D eigenvalue weighted by molar-refractivity contribution is 0.340. The fourth-order valence-corrected chi connectivity index (χ4v) is 2.17. The Balaban J connectivity index is 2.60. The number of aliphatic imine (C=N–C) groups is 1. The maximum Gasteiger partial charge on any atom is 0.264 e. The Bertz CT molecular complexity index is 776. The van der Waals surface area contributed by atoms with Crippen molar-refractivity contribution < 1.29 is 9.84 Å². The third-order valence-corrected chi connectivity index (χ3v) is 3.07. The number of hydrogen-bond donors (Lipinski definition) is 2. The predicted molar refractivity (Wildman–Crippen MR) is 83.6 cm³/mol. The Morgan fingerprint density at radius 1 is 1.43 bits per heavy atom. The minimum atomic E-state index is -0.481. The highest BCUT2D eigenvalue weighted by Gasteiger charge is 2.12. The van der Waals surface area contributed by atoms with E-state index in [2.05, 4.69) is 9.98 Å². The second kappa shape index (κ2) is 6.36. The van der Waals surface area contributed by atoms with Crippen LogP contribution < -0.4 is 10.3 Å². The number of H-pyrrole nitrogens is 1. The van der Waals surface area contributed by atoms with Crippen molar-refractivity contribution in [2.45, 2.75) is 6.92 Å². The van der Waals surface area contributed by atoms with E-state index in [0.29, 0.717) is 18.0 Å². The lowest BCUT2D eigenvalue weighted by Gasteiger charge is -2.11. The molecule has 0 aliphatic rings. The predicted octanol–water partition coefficient (Wildman–Crippen LogP) is 2.05. The van der Waals surface area contributed by atoms with Gasteiger partial charge in [-0.1, -0.05) is 0 Å². The first-order chi connectivity index (χ1) is 10.1. The smallest absolute Gasteiger partial charge is 0.264 e. The molecule has 0 saturated heterocycles. The summed E-state index contributed by atoms with van der Waals surface area (Å²) in [6.45, 7) is 2.47. The summed E-state index contributed by atoms with van der Waals surface area (Å²) >= 11 is 5.11. The molecule has 0 amide bonds. The van der Waals surface area contributed by atoms with Gasteiger partial charge >= 0.3 is 0 Å². The molecule has 0 radical (unpaired) electrons. The largest absolute Gasteiger partial charge is 0.494 e. The molecule has 0 aliphatic carbocycles. The van der Waals surface area contributed by atoms with Crippen LogP contribution in [0.4, 0.5) is 0 Å². The minimum absolute atomic E-state index is 0.0555. The van der Waals surface area contributed by atoms with E-state index in [1.165, 1.54) is 17.8 Å². The molecule has 110 valence electrons. The molecule has 1 aromatic carbocycles. The number of ether oxygens (including phenoxy) is 1. The molecule has 0 spiro atoms. The number of nitrogens with zero attached hydrogens (tertiary/aromatic N) is 2. The molecular weight excluding hydrogens is 290 g/mol. The van der Waals surface area contributed by atoms with Gasteiger partial charge in [-0.3, -0.25) is 19.3 Å². The summed E-state index contributed by atoms with van der Waals surface area (Å²) in [5.74, 6) is 0.463. The van der Waals surface area contributed by atoms with E-state index < -0.39 is 5.56 Å². The maximum absolute atomic E-state index is 11.8. The van der Waals surface area contributed by atoms with Gasteiger partial charge < -0.3 is 9.84 Å². The van der Waals surface area contributed by atoms with Crippen LogP contribution in [0.3, 0.4) is 0 Å². The zero-order chi connectivity index (χ0) is 15.4. The fraction of sp³-hybridized carbons (Fsp3) is 0.214. The Morgan fingerprint density at radius 2 is 2.10 bits per heavy atom. The molecule has 0 unspecified atom stereocenters. The highest BCUT2D eigenvalue weighted by molar-refractivity contribution is 7.71. The van der Waals surface area contributed by atoms with E-state index in [0.717, 1.165) is 0 Å². The van der Waals surface area contributed by atoms with Crippen LogP contribution in [0, 0.1) is 4.77 Å². The van der Waals surface area contributed by atoms with Gasteiger partial charge in [0.1, 0.15) is 11.3 Å². The molecule has 0 fully saturated rings. The quantitative estimate of drug-likeness (QED) is 0.669. The van der Waals surface area contributed by atoms with Gasteiger partial charge in [-0.25, -0.2) is 0 Å². The second-order valence-corrected chi connectivity index (χ2v) is 4.53. The standard InChI is InChI=1S/C14H15N3O3S/c1-3-20-10-6-4-9(5-7-10)17-13(19)11(8-15-2)12(18)16-14(17)21/h4-8,19H,3H2,1-2H3,(H,16,18,21). The summed E-state index contributed by atoms with van der Waals surface area (Å²) in [7, 11) is 1.52. The number of rotatable bonds is 4. The molecule has 2 aromatic rings. The average Bonchev–Trinajstić information content (AvgIpc) is 2.45. The second-order valence-electron chi connectivity index (χ2n) is 4.15. The summed E-state index contributed by atoms with van der Waals surface area (Å²) in [6.07, 6.45) is 1.29. The van der Waals surface area contributed by atoms with Gasteiger partial charge in [0.05, 0.1) is 12.3 Å². The van der Waals surface area contributed by atoms with Gasteiger partial charge in [-0.05, 0) is 43.4 Å². The van der Waals surface area contributed by atoms with Crippen LogP contribution in [0.5, 0.6) is 11.6 Å². The van der Waals surface area contributed by atoms with Crippen LogP contribution in [-0.2, 0) is 0 Å². The highest BCUT2D eigenvalue weighted by atomic mass is 32.1. The Morgan fingerprint density at radius 3 is 2.67 bits per heavy atom. The molecule has 0 atom stereocenters. The van der Waals surface area contributed by atoms with Crippen LogP contribution in [0.1, 0.15) is 12.5 Å². The lowest BCUT2D eigenvalue weighted by Crippen LogP contribution is -2.18. The summed E-state index contributed by atoms with van der Waals surface area (Å²) in [6, 6.07) is 7.01. The van der Waals surface area contributed by atoms with E-state index in [4.69, 9.17) is 17.0 Å². The van der Waals surface area contributed by atoms with Gasteiger partial charge in [0.2, 0.25) is 5.88 Å². The highest BCUT2D eigenvalue weighted by Crippen LogP contribution is 2.21. The SMILES string of the molecule is CCOc1ccc(-n2c(O)c(C=NC)c(=O)[nH]c2=S)cc1. The molecule has 6 nitrogen and oxygen atoms in total. The van der Waals surface area contributed by atoms with Crippen LogP contribution in [0.25, 0.3) is 5.69 Å². The fourth-order valence-electron chi connectivity index (χ4n) is 1.88. The van der Waals surface area contributed by atoms with Crippen molar-refractivity contribution in [2.75, 3.05) is 13.7 Å². The van der Waals surface area contributed by atoms with Gasteiger partial charge in [-0.15, -0.1) is 0 Å². The lowest BCUT2D eigenvalue weighted by atomic mass is 10.2. The topological polar surface area (TPSA) is 79.6 Å². The first kappa shape index (κ1) is 15.0. The van der Waals surface area contributed by atoms with Crippen molar-refractivity contribution in [3.8, 4) is 17.3 Å². The number of aromatic amines is 1. The molecule has 7 heteroatoms. The molecule has 0 bridgehead atoms. The molecular formula is C14H15N3O3S. The normalized spacial score (nSPS) is 11.0. The summed E-state index contributed by atoms with van der Waals surface area (Å²) in [5, 5.41) is 10.3. The number of aromatic nitrogens is 2. The number of benzene rings is 1. The first-order valence-electron chi connectivity index (χ1n) is 6.32. The van der Waals surface area contributed by atoms with E-state index >= 15 is 0 Å². The van der Waals surface area contributed by atoms with E-state index in [9.17, 15) is 9.90 Å². The van der Waals surface area contributed by atoms with Crippen LogP contribution >= 0.6 is 12.2 Å². The van der Waals surface area contributed by atoms with Crippen LogP contribution in [0.2, 0.25) is 0 Å². The van der Waals surface area contributed by atoms with Crippen molar-refractivity contribution in [1.82, 2.24) is 9.55 Å². The van der Waals surface area contributed by atoms with E-state index in [1.54, 1.807) is 24.3 Å². The summed E-state index contributed by atoms with van der Waals surface area (Å²) < 4.78 is 6.83. The molecule has 1 heterocycles. The van der Waals surface area contributed by atoms with Crippen LogP contribution in [-0.4, -0.2) is 34.5 Å². The Hall–Kier alpha value is -2.41. The van der Waals surface area contributed by atoms with Crippen molar-refractivity contribution in [1.29, 1.82) is 0 Å². The maximum atomic E-state index is 11.8. The third-order valence-electron chi connectivity index (χ3n) is 2.79. The van der Waals surface area contributed by atoms with Crippen LogP contribution in [0.15, 0.2) is 34.1 Å². The van der Waals surface area contributed by atoms with Crippen molar-refractivity contribution in [2.24, 2.45) is 4.99 Å². The zero-order valence-corrected chi connectivity index (χ0v) is 12.5. The molecule has 2 rings (SSSR count). The van der Waals surface area contributed by atoms with E-state index in [1.807, 2.05) is 6.92 Å². The number of aromatic hydroxyl groups is 1. The average molecular weight is 305 g/mol. The molecule has 0 saturated carbocycles. The Labute approximate surface area is 126 Å².